The number of fused-ring (bicyclic) bond motifs is 1. The van der Waals surface area contributed by atoms with Crippen LogP contribution in [0, 0.1) is 0 Å². The molecule has 164 valence electrons. The van der Waals surface area contributed by atoms with Gasteiger partial charge in [-0.05, 0) is 58.7 Å². The van der Waals surface area contributed by atoms with Gasteiger partial charge in [-0.15, -0.1) is 0 Å². The number of nitrogens with zero attached hydrogens (tertiary/aromatic N) is 1. The molecule has 1 N–H and O–H groups in total. The van der Waals surface area contributed by atoms with Crippen LogP contribution in [0.5, 0.6) is 0 Å². The third-order valence-corrected chi connectivity index (χ3v) is 8.12. The number of H-pyrrole nitrogens is 1. The van der Waals surface area contributed by atoms with Gasteiger partial charge in [0.05, 0.1) is 16.8 Å². The minimum Gasteiger partial charge on any atom is -0.399 e. The molecule has 11 heteroatoms. The molecular weight excluding hydrogens is 420 g/mol. The van der Waals surface area contributed by atoms with Crippen molar-refractivity contribution in [3.63, 3.8) is 0 Å². The van der Waals surface area contributed by atoms with Crippen LogP contribution in [0.2, 0.25) is 0 Å². The fourth-order valence-electron chi connectivity index (χ4n) is 3.87. The molecule has 6 nitrogen and oxygen atoms in total. The predicted molar refractivity (Wildman–Crippen MR) is 107 cm³/mol. The molecule has 2 aliphatic heterocycles. The van der Waals surface area contributed by atoms with Crippen molar-refractivity contribution in [2.45, 2.75) is 62.9 Å². The van der Waals surface area contributed by atoms with Crippen LogP contribution in [0.15, 0.2) is 23.2 Å². The number of rotatable bonds is 3. The van der Waals surface area contributed by atoms with Gasteiger partial charge < -0.3 is 14.3 Å². The van der Waals surface area contributed by atoms with Gasteiger partial charge in [0.15, 0.2) is 0 Å². The van der Waals surface area contributed by atoms with Crippen molar-refractivity contribution in [2.75, 3.05) is 13.1 Å². The molecule has 1 aromatic carbocycles. The van der Waals surface area contributed by atoms with E-state index in [1.54, 1.807) is 27.7 Å². The first kappa shape index (κ1) is 21.7. The van der Waals surface area contributed by atoms with Crippen molar-refractivity contribution in [2.24, 2.45) is 0 Å². The van der Waals surface area contributed by atoms with Gasteiger partial charge in [-0.3, -0.25) is 0 Å². The highest BCUT2D eigenvalue weighted by molar-refractivity contribution is 7.89. The molecule has 0 bridgehead atoms. The van der Waals surface area contributed by atoms with E-state index in [0.717, 1.165) is 18.9 Å². The number of nitrogens with one attached hydrogen (secondary N) is 1. The Morgan fingerprint density at radius 1 is 1.07 bits per heavy atom. The summed E-state index contributed by atoms with van der Waals surface area (Å²) in [6.07, 6.45) is -3.13. The van der Waals surface area contributed by atoms with Crippen molar-refractivity contribution < 1.29 is 30.9 Å². The lowest BCUT2D eigenvalue weighted by molar-refractivity contribution is -0.136. The molecular formula is C19H24BF3N2O4S. The van der Waals surface area contributed by atoms with E-state index in [9.17, 15) is 21.6 Å². The van der Waals surface area contributed by atoms with E-state index in [1.807, 2.05) is 0 Å². The average Bonchev–Trinajstić information content (AvgIpc) is 3.31. The number of benzene rings is 1. The maximum atomic E-state index is 13.9. The van der Waals surface area contributed by atoms with Gasteiger partial charge in [0.2, 0.25) is 0 Å². The SMILES string of the molecule is CC1(C)OB(c2c(C(F)(F)F)ccc3[nH]c(S(=O)(=O)N4CCCC4)cc23)OC1(C)C. The number of aromatic nitrogens is 1. The molecule has 2 aromatic rings. The first-order valence-electron chi connectivity index (χ1n) is 9.83. The highest BCUT2D eigenvalue weighted by atomic mass is 32.2. The zero-order valence-corrected chi connectivity index (χ0v) is 18.1. The van der Waals surface area contributed by atoms with E-state index in [0.29, 0.717) is 13.1 Å². The van der Waals surface area contributed by atoms with Gasteiger partial charge in [-0.1, -0.05) is 0 Å². The Labute approximate surface area is 173 Å². The Hall–Kier alpha value is -1.56. The minimum absolute atomic E-state index is 0.126. The second-order valence-corrected chi connectivity index (χ2v) is 10.7. The lowest BCUT2D eigenvalue weighted by Gasteiger charge is -2.32. The Balaban J connectivity index is 1.90. The van der Waals surface area contributed by atoms with E-state index < -0.39 is 40.1 Å². The molecule has 3 heterocycles. The average molecular weight is 444 g/mol. The van der Waals surface area contributed by atoms with E-state index in [-0.39, 0.29) is 21.4 Å². The number of hydrogen-bond acceptors (Lipinski definition) is 4. The molecule has 1 aromatic heterocycles. The van der Waals surface area contributed by atoms with Gasteiger partial charge in [-0.2, -0.15) is 17.5 Å². The summed E-state index contributed by atoms with van der Waals surface area (Å²) in [5.41, 5.74) is -2.52. The van der Waals surface area contributed by atoms with Crippen LogP contribution in [0.1, 0.15) is 46.1 Å². The number of halogens is 3. The zero-order valence-electron chi connectivity index (χ0n) is 17.3. The van der Waals surface area contributed by atoms with Gasteiger partial charge in [0.1, 0.15) is 5.03 Å². The lowest BCUT2D eigenvalue weighted by atomic mass is 9.73. The predicted octanol–water partition coefficient (Wildman–Crippen LogP) is 3.27. The minimum atomic E-state index is -4.65. The Kier molecular flexibility index (Phi) is 4.85. The first-order chi connectivity index (χ1) is 13.7. The van der Waals surface area contributed by atoms with Crippen LogP contribution < -0.4 is 5.46 Å². The maximum Gasteiger partial charge on any atom is 0.496 e. The standard InChI is InChI=1S/C19H24BF3N2O4S/c1-17(2)18(3,4)29-20(28-17)16-12-11-15(30(26,27)25-9-5-6-10-25)24-14(12)8-7-13(16)19(21,22)23/h7-8,11,24H,5-6,9-10H2,1-4H3. The molecule has 0 radical (unpaired) electrons. The quantitative estimate of drug-likeness (QED) is 0.738. The third-order valence-electron chi connectivity index (χ3n) is 6.30. The summed E-state index contributed by atoms with van der Waals surface area (Å²) in [6.45, 7) is 7.80. The van der Waals surface area contributed by atoms with Crippen molar-refractivity contribution in [3.05, 3.63) is 23.8 Å². The molecule has 0 unspecified atom stereocenters. The Morgan fingerprint density at radius 3 is 2.17 bits per heavy atom. The highest BCUT2D eigenvalue weighted by Gasteiger charge is 2.54. The van der Waals surface area contributed by atoms with Gasteiger partial charge in [0, 0.05) is 29.5 Å². The Morgan fingerprint density at radius 2 is 1.63 bits per heavy atom. The summed E-state index contributed by atoms with van der Waals surface area (Å²) in [6, 6.07) is 3.44. The molecule has 0 atom stereocenters. The van der Waals surface area contributed by atoms with Gasteiger partial charge in [-0.25, -0.2) is 8.42 Å². The summed E-state index contributed by atoms with van der Waals surface area (Å²) < 4.78 is 80.6. The molecule has 0 spiro atoms. The molecule has 2 fully saturated rings. The topological polar surface area (TPSA) is 71.6 Å². The van der Waals surface area contributed by atoms with Gasteiger partial charge >= 0.3 is 13.3 Å². The van der Waals surface area contributed by atoms with E-state index in [2.05, 4.69) is 4.98 Å². The molecule has 2 aliphatic rings. The van der Waals surface area contributed by atoms with Crippen LogP contribution in [0.25, 0.3) is 10.9 Å². The highest BCUT2D eigenvalue weighted by Crippen LogP contribution is 2.39. The van der Waals surface area contributed by atoms with Crippen molar-refractivity contribution in [1.29, 1.82) is 0 Å². The van der Waals surface area contributed by atoms with E-state index in [4.69, 9.17) is 9.31 Å². The molecule has 2 saturated heterocycles. The third kappa shape index (κ3) is 3.35. The molecule has 0 saturated carbocycles. The first-order valence-corrected chi connectivity index (χ1v) is 11.3. The molecule has 0 aliphatic carbocycles. The van der Waals surface area contributed by atoms with Crippen molar-refractivity contribution >= 4 is 33.5 Å². The van der Waals surface area contributed by atoms with Crippen molar-refractivity contribution in [3.8, 4) is 0 Å². The smallest absolute Gasteiger partial charge is 0.399 e. The van der Waals surface area contributed by atoms with E-state index in [1.165, 1.54) is 16.4 Å². The fraction of sp³-hybridized carbons (Fsp3) is 0.579. The van der Waals surface area contributed by atoms with E-state index >= 15 is 0 Å². The normalized spacial score (nSPS) is 22.3. The van der Waals surface area contributed by atoms with Gasteiger partial charge in [0.25, 0.3) is 10.0 Å². The molecule has 0 amide bonds. The van der Waals surface area contributed by atoms with Crippen LogP contribution in [0.4, 0.5) is 13.2 Å². The van der Waals surface area contributed by atoms with Crippen LogP contribution in [-0.2, 0) is 25.5 Å². The monoisotopic (exact) mass is 444 g/mol. The van der Waals surface area contributed by atoms with Crippen LogP contribution in [0.3, 0.4) is 0 Å². The number of aromatic amines is 1. The molecule has 30 heavy (non-hydrogen) atoms. The summed E-state index contributed by atoms with van der Waals surface area (Å²) in [5, 5.41) is -0.00223. The second kappa shape index (κ2) is 6.72. The summed E-state index contributed by atoms with van der Waals surface area (Å²) in [4.78, 5) is 2.79. The fourth-order valence-corrected chi connectivity index (χ4v) is 5.39. The lowest BCUT2D eigenvalue weighted by Crippen LogP contribution is -2.41. The number of alkyl halides is 3. The maximum absolute atomic E-state index is 13.9. The zero-order chi connectivity index (χ0) is 22.1. The van der Waals surface area contributed by atoms with Crippen LogP contribution in [-0.4, -0.2) is 49.1 Å². The number of hydrogen-bond donors (Lipinski definition) is 1. The summed E-state index contributed by atoms with van der Waals surface area (Å²) >= 11 is 0. The largest absolute Gasteiger partial charge is 0.496 e. The molecule has 4 rings (SSSR count). The van der Waals surface area contributed by atoms with Crippen LogP contribution >= 0.6 is 0 Å². The Bertz CT molecular complexity index is 1070. The summed E-state index contributed by atoms with van der Waals surface area (Å²) in [5.74, 6) is 0. The summed E-state index contributed by atoms with van der Waals surface area (Å²) in [7, 11) is -5.10. The number of sulfonamides is 1. The van der Waals surface area contributed by atoms with Crippen molar-refractivity contribution in [1.82, 2.24) is 9.29 Å². The second-order valence-electron chi connectivity index (χ2n) is 8.82.